The molecule has 2 N–H and O–H groups in total. The molecule has 0 aliphatic rings. The fourth-order valence-electron chi connectivity index (χ4n) is 0.890. The number of hydrogen-bond donors (Lipinski definition) is 1. The first-order chi connectivity index (χ1) is 6.27. The van der Waals surface area contributed by atoms with Crippen LogP contribution in [0.4, 0.5) is 0 Å². The zero-order chi connectivity index (χ0) is 9.68. The van der Waals surface area contributed by atoms with Crippen molar-refractivity contribution in [2.75, 3.05) is 0 Å². The lowest BCUT2D eigenvalue weighted by Gasteiger charge is -1.98. The number of benzene rings is 1. The van der Waals surface area contributed by atoms with E-state index in [1.54, 1.807) is 24.3 Å². The highest BCUT2D eigenvalue weighted by molar-refractivity contribution is 5.65. The van der Waals surface area contributed by atoms with E-state index in [2.05, 4.69) is 0 Å². The first kappa shape index (κ1) is 8.83. The highest BCUT2D eigenvalue weighted by Crippen LogP contribution is 2.09. The van der Waals surface area contributed by atoms with E-state index in [9.17, 15) is 0 Å². The van der Waals surface area contributed by atoms with Crippen molar-refractivity contribution in [2.24, 2.45) is 5.73 Å². The first-order valence-electron chi connectivity index (χ1n) is 3.63. The molecule has 0 fully saturated rings. The van der Waals surface area contributed by atoms with Gasteiger partial charge in [0.15, 0.2) is 0 Å². The van der Waals surface area contributed by atoms with Crippen LogP contribution in [0.25, 0.3) is 5.70 Å². The summed E-state index contributed by atoms with van der Waals surface area (Å²) in [5, 5.41) is 16.9. The Balaban J connectivity index is 3.02. The van der Waals surface area contributed by atoms with Crippen LogP contribution in [0.2, 0.25) is 0 Å². The largest absolute Gasteiger partial charge is 0.398 e. The summed E-state index contributed by atoms with van der Waals surface area (Å²) in [6.07, 6.45) is 1.27. The van der Waals surface area contributed by atoms with E-state index in [4.69, 9.17) is 16.3 Å². The van der Waals surface area contributed by atoms with Crippen LogP contribution >= 0.6 is 0 Å². The first-order valence-corrected chi connectivity index (χ1v) is 3.63. The standard InChI is InChI=1S/C10H7N3/c11-6-5-10(13)9-3-1-8(7-12)2-4-9/h1-5H,13H2/b10-5-. The van der Waals surface area contributed by atoms with Crippen LogP contribution in [0.15, 0.2) is 30.3 Å². The molecule has 1 aromatic rings. The molecule has 0 aliphatic heterocycles. The number of nitriles is 2. The fourth-order valence-corrected chi connectivity index (χ4v) is 0.890. The summed E-state index contributed by atoms with van der Waals surface area (Å²) >= 11 is 0. The molecule has 3 heteroatoms. The van der Waals surface area contributed by atoms with Gasteiger partial charge in [-0.1, -0.05) is 12.1 Å². The Morgan fingerprint density at radius 2 is 1.85 bits per heavy atom. The van der Waals surface area contributed by atoms with Gasteiger partial charge in [-0.2, -0.15) is 10.5 Å². The molecule has 62 valence electrons. The van der Waals surface area contributed by atoms with Gasteiger partial charge in [0.1, 0.15) is 0 Å². The monoisotopic (exact) mass is 169 g/mol. The lowest BCUT2D eigenvalue weighted by atomic mass is 10.1. The zero-order valence-electron chi connectivity index (χ0n) is 6.86. The summed E-state index contributed by atoms with van der Waals surface area (Å²) in [6.45, 7) is 0. The van der Waals surface area contributed by atoms with Gasteiger partial charge in [0.25, 0.3) is 0 Å². The predicted molar refractivity (Wildman–Crippen MR) is 48.9 cm³/mol. The molecule has 0 aromatic heterocycles. The minimum Gasteiger partial charge on any atom is -0.398 e. The number of nitrogens with zero attached hydrogens (tertiary/aromatic N) is 2. The van der Waals surface area contributed by atoms with E-state index in [-0.39, 0.29) is 0 Å². The number of rotatable bonds is 1. The van der Waals surface area contributed by atoms with Gasteiger partial charge in [-0.25, -0.2) is 0 Å². The van der Waals surface area contributed by atoms with Crippen molar-refractivity contribution in [3.8, 4) is 12.1 Å². The Morgan fingerprint density at radius 3 is 2.31 bits per heavy atom. The molecule has 3 nitrogen and oxygen atoms in total. The summed E-state index contributed by atoms with van der Waals surface area (Å²) in [7, 11) is 0. The second-order valence-electron chi connectivity index (χ2n) is 2.42. The van der Waals surface area contributed by atoms with Crippen molar-refractivity contribution in [3.05, 3.63) is 41.5 Å². The van der Waals surface area contributed by atoms with E-state index in [0.29, 0.717) is 11.3 Å². The molecular weight excluding hydrogens is 162 g/mol. The van der Waals surface area contributed by atoms with Crippen molar-refractivity contribution in [3.63, 3.8) is 0 Å². The smallest absolute Gasteiger partial charge is 0.0991 e. The van der Waals surface area contributed by atoms with E-state index in [1.807, 2.05) is 12.1 Å². The van der Waals surface area contributed by atoms with Crippen LogP contribution in [0.5, 0.6) is 0 Å². The average Bonchev–Trinajstić information content (AvgIpc) is 2.18. The van der Waals surface area contributed by atoms with Gasteiger partial charge in [-0.05, 0) is 17.7 Å². The highest BCUT2D eigenvalue weighted by atomic mass is 14.6. The van der Waals surface area contributed by atoms with Gasteiger partial charge < -0.3 is 5.73 Å². The molecule has 13 heavy (non-hydrogen) atoms. The van der Waals surface area contributed by atoms with Crippen LogP contribution in [0.1, 0.15) is 11.1 Å². The van der Waals surface area contributed by atoms with E-state index in [1.165, 1.54) is 6.08 Å². The van der Waals surface area contributed by atoms with Crippen molar-refractivity contribution in [2.45, 2.75) is 0 Å². The molecule has 0 atom stereocenters. The Morgan fingerprint density at radius 1 is 1.23 bits per heavy atom. The van der Waals surface area contributed by atoms with E-state index < -0.39 is 0 Å². The van der Waals surface area contributed by atoms with Crippen molar-refractivity contribution < 1.29 is 0 Å². The minimum atomic E-state index is 0.409. The summed E-state index contributed by atoms with van der Waals surface area (Å²) in [5.41, 5.74) is 7.29. The zero-order valence-corrected chi connectivity index (χ0v) is 6.86. The number of allylic oxidation sites excluding steroid dienone is 1. The van der Waals surface area contributed by atoms with Gasteiger partial charge in [-0.3, -0.25) is 0 Å². The van der Waals surface area contributed by atoms with Crippen LogP contribution in [-0.2, 0) is 0 Å². The molecule has 0 bridgehead atoms. The Bertz CT molecular complexity index is 401. The van der Waals surface area contributed by atoms with Crippen molar-refractivity contribution in [1.82, 2.24) is 0 Å². The Hall–Kier alpha value is -2.26. The third-order valence-corrected chi connectivity index (χ3v) is 1.57. The molecule has 0 radical (unpaired) electrons. The predicted octanol–water partition coefficient (Wildman–Crippen LogP) is 1.38. The van der Waals surface area contributed by atoms with Crippen LogP contribution in [0.3, 0.4) is 0 Å². The van der Waals surface area contributed by atoms with Crippen LogP contribution in [0, 0.1) is 22.7 Å². The van der Waals surface area contributed by atoms with Gasteiger partial charge in [-0.15, -0.1) is 0 Å². The highest BCUT2D eigenvalue weighted by Gasteiger charge is 1.95. The van der Waals surface area contributed by atoms with E-state index in [0.717, 1.165) is 5.56 Å². The summed E-state index contributed by atoms with van der Waals surface area (Å²) < 4.78 is 0. The maximum absolute atomic E-state index is 8.52. The van der Waals surface area contributed by atoms with Crippen molar-refractivity contribution in [1.29, 1.82) is 10.5 Å². The van der Waals surface area contributed by atoms with Gasteiger partial charge in [0, 0.05) is 11.8 Å². The fraction of sp³-hybridized carbons (Fsp3) is 0. The number of nitrogens with two attached hydrogens (primary N) is 1. The molecular formula is C10H7N3. The maximum Gasteiger partial charge on any atom is 0.0991 e. The molecule has 0 saturated heterocycles. The topological polar surface area (TPSA) is 73.6 Å². The molecule has 1 aromatic carbocycles. The Kier molecular flexibility index (Phi) is 2.68. The number of hydrogen-bond acceptors (Lipinski definition) is 3. The maximum atomic E-state index is 8.52. The van der Waals surface area contributed by atoms with Gasteiger partial charge in [0.05, 0.1) is 17.7 Å². The molecule has 0 amide bonds. The normalized spacial score (nSPS) is 10.2. The average molecular weight is 169 g/mol. The lowest BCUT2D eigenvalue weighted by Crippen LogP contribution is -1.95. The summed E-state index contributed by atoms with van der Waals surface area (Å²) in [5.74, 6) is 0. The van der Waals surface area contributed by atoms with Gasteiger partial charge in [0.2, 0.25) is 0 Å². The van der Waals surface area contributed by atoms with E-state index >= 15 is 0 Å². The molecule has 0 spiro atoms. The Labute approximate surface area is 76.3 Å². The minimum absolute atomic E-state index is 0.409. The SMILES string of the molecule is N#C/C=C(\N)c1ccc(C#N)cc1. The second kappa shape index (κ2) is 3.94. The molecule has 0 unspecified atom stereocenters. The third kappa shape index (κ3) is 2.08. The van der Waals surface area contributed by atoms with Gasteiger partial charge >= 0.3 is 0 Å². The molecule has 0 heterocycles. The van der Waals surface area contributed by atoms with Crippen molar-refractivity contribution >= 4 is 5.70 Å². The van der Waals surface area contributed by atoms with Crippen LogP contribution < -0.4 is 5.73 Å². The summed E-state index contributed by atoms with van der Waals surface area (Å²) in [4.78, 5) is 0. The van der Waals surface area contributed by atoms with Crippen LogP contribution in [-0.4, -0.2) is 0 Å². The molecule has 1 rings (SSSR count). The molecule has 0 aliphatic carbocycles. The quantitative estimate of drug-likeness (QED) is 0.645. The second-order valence-corrected chi connectivity index (χ2v) is 2.42. The summed E-state index contributed by atoms with van der Waals surface area (Å²) in [6, 6.07) is 10.6. The molecule has 0 saturated carbocycles. The third-order valence-electron chi connectivity index (χ3n) is 1.57. The lowest BCUT2D eigenvalue weighted by molar-refractivity contribution is 1.45.